The minimum absolute atomic E-state index is 0.140. The lowest BCUT2D eigenvalue weighted by atomic mass is 10.2. The summed E-state index contributed by atoms with van der Waals surface area (Å²) >= 11 is 1.68. The second-order valence-electron chi connectivity index (χ2n) is 5.40. The van der Waals surface area contributed by atoms with Crippen LogP contribution in [-0.2, 0) is 0 Å². The number of methoxy groups -OCH3 is 2. The van der Waals surface area contributed by atoms with Crippen molar-refractivity contribution < 1.29 is 14.3 Å². The van der Waals surface area contributed by atoms with Crippen molar-refractivity contribution in [2.24, 2.45) is 0 Å². The standard InChI is InChI=1S/C17H23N3O3S/c1-20(2)13(16-6-5-9-24-16)11-18-17(21)19-12-7-8-14(22-3)15(10-12)23-4/h5-10,13H,11H2,1-4H3,(H2,18,19,21)/t13-/m0/s1. The first kappa shape index (κ1) is 18.1. The zero-order chi connectivity index (χ0) is 17.5. The van der Waals surface area contributed by atoms with Crippen molar-refractivity contribution in [1.29, 1.82) is 0 Å². The average Bonchev–Trinajstić information content (AvgIpc) is 3.08. The van der Waals surface area contributed by atoms with Crippen LogP contribution in [-0.4, -0.2) is 45.8 Å². The molecule has 0 fully saturated rings. The number of benzene rings is 1. The molecular formula is C17H23N3O3S. The highest BCUT2D eigenvalue weighted by Crippen LogP contribution is 2.29. The first-order valence-corrected chi connectivity index (χ1v) is 8.39. The number of amides is 2. The average molecular weight is 349 g/mol. The van der Waals surface area contributed by atoms with Gasteiger partial charge >= 0.3 is 6.03 Å². The van der Waals surface area contributed by atoms with Crippen LogP contribution in [0, 0.1) is 0 Å². The molecule has 1 aromatic heterocycles. The van der Waals surface area contributed by atoms with Crippen LogP contribution in [0.3, 0.4) is 0 Å². The Balaban J connectivity index is 1.95. The van der Waals surface area contributed by atoms with Gasteiger partial charge in [-0.25, -0.2) is 4.79 Å². The third kappa shape index (κ3) is 4.62. The molecule has 2 amide bonds. The third-order valence-electron chi connectivity index (χ3n) is 3.59. The van der Waals surface area contributed by atoms with Gasteiger partial charge in [0, 0.05) is 23.2 Å². The summed E-state index contributed by atoms with van der Waals surface area (Å²) in [6, 6.07) is 9.21. The molecule has 0 aliphatic heterocycles. The number of rotatable bonds is 7. The topological polar surface area (TPSA) is 62.8 Å². The van der Waals surface area contributed by atoms with Gasteiger partial charge in [-0.1, -0.05) is 6.07 Å². The van der Waals surface area contributed by atoms with Gasteiger partial charge in [0.25, 0.3) is 0 Å². The van der Waals surface area contributed by atoms with Crippen molar-refractivity contribution in [3.8, 4) is 11.5 Å². The van der Waals surface area contributed by atoms with Gasteiger partial charge in [-0.2, -0.15) is 0 Å². The zero-order valence-electron chi connectivity index (χ0n) is 14.3. The zero-order valence-corrected chi connectivity index (χ0v) is 15.1. The van der Waals surface area contributed by atoms with Gasteiger partial charge in [0.05, 0.1) is 20.3 Å². The second-order valence-corrected chi connectivity index (χ2v) is 6.38. The molecule has 0 bridgehead atoms. The number of thiophene rings is 1. The monoisotopic (exact) mass is 349 g/mol. The highest BCUT2D eigenvalue weighted by atomic mass is 32.1. The Bertz CT molecular complexity index is 659. The Morgan fingerprint density at radius 3 is 2.54 bits per heavy atom. The van der Waals surface area contributed by atoms with E-state index in [2.05, 4.69) is 21.6 Å². The molecule has 0 aliphatic rings. The number of nitrogens with zero attached hydrogens (tertiary/aromatic N) is 1. The van der Waals surface area contributed by atoms with Gasteiger partial charge in [-0.05, 0) is 37.7 Å². The minimum Gasteiger partial charge on any atom is -0.493 e. The number of carbonyl (C=O) groups excluding carboxylic acids is 1. The molecule has 1 heterocycles. The van der Waals surface area contributed by atoms with Crippen molar-refractivity contribution >= 4 is 23.1 Å². The number of anilines is 1. The molecule has 1 aromatic carbocycles. The van der Waals surface area contributed by atoms with E-state index in [0.29, 0.717) is 23.7 Å². The van der Waals surface area contributed by atoms with Crippen molar-refractivity contribution in [3.63, 3.8) is 0 Å². The summed E-state index contributed by atoms with van der Waals surface area (Å²) in [5.41, 5.74) is 0.641. The van der Waals surface area contributed by atoms with E-state index in [-0.39, 0.29) is 12.1 Å². The highest BCUT2D eigenvalue weighted by molar-refractivity contribution is 7.10. The van der Waals surface area contributed by atoms with E-state index in [1.165, 1.54) is 4.88 Å². The van der Waals surface area contributed by atoms with E-state index < -0.39 is 0 Å². The Kier molecular flexibility index (Phi) is 6.45. The van der Waals surface area contributed by atoms with Crippen LogP contribution in [0.4, 0.5) is 10.5 Å². The molecule has 1 atom stereocenters. The summed E-state index contributed by atoms with van der Waals surface area (Å²) in [6.07, 6.45) is 0. The first-order valence-electron chi connectivity index (χ1n) is 7.52. The van der Waals surface area contributed by atoms with E-state index in [9.17, 15) is 4.79 Å². The van der Waals surface area contributed by atoms with Crippen LogP contribution in [0.2, 0.25) is 0 Å². The molecule has 7 heteroatoms. The van der Waals surface area contributed by atoms with Gasteiger partial charge in [-0.3, -0.25) is 0 Å². The van der Waals surface area contributed by atoms with Crippen molar-refractivity contribution in [2.75, 3.05) is 40.2 Å². The van der Waals surface area contributed by atoms with Gasteiger partial charge in [0.1, 0.15) is 0 Å². The first-order chi connectivity index (χ1) is 11.5. The summed E-state index contributed by atoms with van der Waals surface area (Å²) in [6.45, 7) is 0.520. The maximum atomic E-state index is 12.2. The predicted molar refractivity (Wildman–Crippen MR) is 97.3 cm³/mol. The summed E-state index contributed by atoms with van der Waals surface area (Å²) < 4.78 is 10.4. The van der Waals surface area contributed by atoms with Gasteiger partial charge in [-0.15, -0.1) is 11.3 Å². The fourth-order valence-electron chi connectivity index (χ4n) is 2.30. The van der Waals surface area contributed by atoms with Crippen LogP contribution >= 0.6 is 11.3 Å². The van der Waals surface area contributed by atoms with Gasteiger partial charge < -0.3 is 25.0 Å². The fraction of sp³-hybridized carbons (Fsp3) is 0.353. The van der Waals surface area contributed by atoms with E-state index in [1.54, 1.807) is 43.8 Å². The van der Waals surface area contributed by atoms with E-state index >= 15 is 0 Å². The van der Waals surface area contributed by atoms with E-state index in [4.69, 9.17) is 9.47 Å². The van der Waals surface area contributed by atoms with Gasteiger partial charge in [0.2, 0.25) is 0 Å². The smallest absolute Gasteiger partial charge is 0.319 e. The van der Waals surface area contributed by atoms with Crippen LogP contribution in [0.5, 0.6) is 11.5 Å². The summed E-state index contributed by atoms with van der Waals surface area (Å²) in [5.74, 6) is 1.19. The number of likely N-dealkylation sites (N-methyl/N-ethyl adjacent to an activating group) is 1. The molecule has 0 saturated heterocycles. The molecule has 24 heavy (non-hydrogen) atoms. The van der Waals surface area contributed by atoms with Crippen LogP contribution < -0.4 is 20.1 Å². The number of hydrogen-bond donors (Lipinski definition) is 2. The summed E-state index contributed by atoms with van der Waals surface area (Å²) in [5, 5.41) is 7.75. The number of hydrogen-bond acceptors (Lipinski definition) is 5. The maximum absolute atomic E-state index is 12.2. The molecule has 0 radical (unpaired) electrons. The Labute approximate surface area is 146 Å². The lowest BCUT2D eigenvalue weighted by Gasteiger charge is -2.23. The predicted octanol–water partition coefficient (Wildman–Crippen LogP) is 3.19. The quantitative estimate of drug-likeness (QED) is 0.806. The van der Waals surface area contributed by atoms with E-state index in [0.717, 1.165) is 0 Å². The van der Waals surface area contributed by atoms with Crippen molar-refractivity contribution in [1.82, 2.24) is 10.2 Å². The molecule has 6 nitrogen and oxygen atoms in total. The Hall–Kier alpha value is -2.25. The SMILES string of the molecule is COc1ccc(NC(=O)NC[C@@H](c2cccs2)N(C)C)cc1OC. The van der Waals surface area contributed by atoms with Crippen molar-refractivity contribution in [2.45, 2.75) is 6.04 Å². The van der Waals surface area contributed by atoms with Crippen molar-refractivity contribution in [3.05, 3.63) is 40.6 Å². The second kappa shape index (κ2) is 8.56. The molecule has 2 aromatic rings. The molecule has 0 spiro atoms. The normalized spacial score (nSPS) is 11.9. The Morgan fingerprint density at radius 1 is 1.21 bits per heavy atom. The van der Waals surface area contributed by atoms with Crippen LogP contribution in [0.25, 0.3) is 0 Å². The lowest BCUT2D eigenvalue weighted by Crippen LogP contribution is -2.36. The molecular weight excluding hydrogens is 326 g/mol. The summed E-state index contributed by atoms with van der Waals surface area (Å²) in [4.78, 5) is 15.5. The Morgan fingerprint density at radius 2 is 1.96 bits per heavy atom. The van der Waals surface area contributed by atoms with Gasteiger partial charge in [0.15, 0.2) is 11.5 Å². The van der Waals surface area contributed by atoms with Crippen LogP contribution in [0.15, 0.2) is 35.7 Å². The molecule has 0 unspecified atom stereocenters. The fourth-order valence-corrected chi connectivity index (χ4v) is 3.22. The molecule has 0 saturated carbocycles. The number of nitrogens with one attached hydrogen (secondary N) is 2. The minimum atomic E-state index is -0.259. The van der Waals surface area contributed by atoms with Crippen LogP contribution in [0.1, 0.15) is 10.9 Å². The highest BCUT2D eigenvalue weighted by Gasteiger charge is 2.16. The number of carbonyl (C=O) groups is 1. The number of ether oxygens (including phenoxy) is 2. The number of urea groups is 1. The maximum Gasteiger partial charge on any atom is 0.319 e. The van der Waals surface area contributed by atoms with E-state index in [1.807, 2.05) is 25.5 Å². The molecule has 2 rings (SSSR count). The lowest BCUT2D eigenvalue weighted by molar-refractivity contribution is 0.244. The molecule has 130 valence electrons. The third-order valence-corrected chi connectivity index (χ3v) is 4.57. The largest absolute Gasteiger partial charge is 0.493 e. The molecule has 2 N–H and O–H groups in total. The summed E-state index contributed by atoms with van der Waals surface area (Å²) in [7, 11) is 7.13. The molecule has 0 aliphatic carbocycles.